The number of hydrogen-bond donors (Lipinski definition) is 0. The Kier molecular flexibility index (Phi) is 3.01. The molecule has 0 aliphatic heterocycles. The van der Waals surface area contributed by atoms with Gasteiger partial charge in [0.15, 0.2) is 0 Å². The molecule has 0 aromatic heterocycles. The maximum atomic E-state index is 2.43. The fourth-order valence-corrected chi connectivity index (χ4v) is 6.09. The fraction of sp³-hybridized carbons (Fsp3) is 1.00. The van der Waals surface area contributed by atoms with Gasteiger partial charge in [-0.3, -0.25) is 0 Å². The van der Waals surface area contributed by atoms with Gasteiger partial charge in [0.05, 0.1) is 25.7 Å². The molecule has 0 saturated heterocycles. The average Bonchev–Trinajstić information content (AvgIpc) is 2.33. The van der Waals surface area contributed by atoms with Crippen LogP contribution < -0.4 is 0 Å². The molecule has 0 radical (unpaired) electrons. The van der Waals surface area contributed by atoms with Crippen LogP contribution >= 0.6 is 0 Å². The van der Waals surface area contributed by atoms with Gasteiger partial charge in [0.1, 0.15) is 0 Å². The zero-order valence-electron chi connectivity index (χ0n) is 12.0. The summed E-state index contributed by atoms with van der Waals surface area (Å²) >= 11 is 0. The molecule has 4 aliphatic carbocycles. The quantitative estimate of drug-likeness (QED) is 0.653. The molecule has 4 rings (SSSR count). The first kappa shape index (κ1) is 12.0. The Morgan fingerprint density at radius 1 is 0.706 bits per heavy atom. The van der Waals surface area contributed by atoms with Crippen molar-refractivity contribution in [3.63, 3.8) is 0 Å². The first-order chi connectivity index (χ1) is 8.22. The minimum absolute atomic E-state index is 1.03. The van der Waals surface area contributed by atoms with E-state index in [4.69, 9.17) is 0 Å². The van der Waals surface area contributed by atoms with Crippen molar-refractivity contribution in [1.29, 1.82) is 0 Å². The molecule has 0 N–H and O–H groups in total. The lowest BCUT2D eigenvalue weighted by Gasteiger charge is -2.60. The molecule has 0 heterocycles. The molecule has 4 fully saturated rings. The molecule has 0 atom stereocenters. The molecule has 0 aromatic rings. The monoisotopic (exact) mass is 236 g/mol. The number of quaternary nitrogens is 1. The third kappa shape index (κ3) is 1.69. The molecule has 4 saturated carbocycles. The highest BCUT2D eigenvalue weighted by Crippen LogP contribution is 2.56. The highest BCUT2D eigenvalue weighted by Gasteiger charge is 2.54. The Morgan fingerprint density at radius 2 is 1.12 bits per heavy atom. The zero-order valence-corrected chi connectivity index (χ0v) is 12.0. The Morgan fingerprint density at radius 3 is 1.47 bits per heavy atom. The molecular weight excluding hydrogens is 206 g/mol. The summed E-state index contributed by atoms with van der Waals surface area (Å²) in [6, 6.07) is 1.03. The molecule has 4 bridgehead atoms. The minimum Gasteiger partial charge on any atom is -0.321 e. The van der Waals surface area contributed by atoms with E-state index >= 15 is 0 Å². The molecule has 17 heavy (non-hydrogen) atoms. The summed E-state index contributed by atoms with van der Waals surface area (Å²) in [6.07, 6.45) is 7.91. The lowest BCUT2D eigenvalue weighted by atomic mass is 9.53. The van der Waals surface area contributed by atoms with Crippen molar-refractivity contribution in [3.05, 3.63) is 0 Å². The predicted molar refractivity (Wildman–Crippen MR) is 72.7 cm³/mol. The summed E-state index contributed by atoms with van der Waals surface area (Å²) in [7, 11) is 0. The van der Waals surface area contributed by atoms with Crippen LogP contribution in [0.2, 0.25) is 0 Å². The second kappa shape index (κ2) is 4.26. The van der Waals surface area contributed by atoms with Crippen LogP contribution in [0.5, 0.6) is 0 Å². The molecule has 4 aliphatic rings. The second-order valence-corrected chi connectivity index (χ2v) is 7.09. The first-order valence-corrected chi connectivity index (χ1v) is 8.08. The normalized spacial score (nSPS) is 44.3. The zero-order chi connectivity index (χ0) is 12.0. The highest BCUT2D eigenvalue weighted by molar-refractivity contribution is 4.99. The van der Waals surface area contributed by atoms with Gasteiger partial charge in [0.2, 0.25) is 0 Å². The predicted octanol–water partition coefficient (Wildman–Crippen LogP) is 3.69. The summed E-state index contributed by atoms with van der Waals surface area (Å²) in [5.74, 6) is 4.43. The van der Waals surface area contributed by atoms with E-state index in [1.165, 1.54) is 24.1 Å². The van der Waals surface area contributed by atoms with Crippen LogP contribution in [0.25, 0.3) is 0 Å². The van der Waals surface area contributed by atoms with Crippen LogP contribution in [0.3, 0.4) is 0 Å². The topological polar surface area (TPSA) is 0 Å². The minimum atomic E-state index is 1.03. The van der Waals surface area contributed by atoms with Gasteiger partial charge in [-0.2, -0.15) is 0 Å². The van der Waals surface area contributed by atoms with E-state index in [-0.39, 0.29) is 0 Å². The third-order valence-electron chi connectivity index (χ3n) is 6.70. The van der Waals surface area contributed by atoms with Crippen molar-refractivity contribution in [1.82, 2.24) is 0 Å². The standard InChI is InChI=1S/C16H30N/c1-4-17(5-2,6-3)16-14-8-12-7-13(10-14)11-15(16)9-12/h12-16H,4-11H2,1-3H3/q+1. The third-order valence-corrected chi connectivity index (χ3v) is 6.70. The van der Waals surface area contributed by atoms with Gasteiger partial charge in [-0.25, -0.2) is 0 Å². The van der Waals surface area contributed by atoms with Gasteiger partial charge in [-0.15, -0.1) is 0 Å². The van der Waals surface area contributed by atoms with Crippen molar-refractivity contribution in [2.24, 2.45) is 23.7 Å². The van der Waals surface area contributed by atoms with Gasteiger partial charge in [0.25, 0.3) is 0 Å². The van der Waals surface area contributed by atoms with Crippen LogP contribution in [-0.2, 0) is 0 Å². The average molecular weight is 236 g/mol. The maximum Gasteiger partial charge on any atom is 0.0947 e. The Labute approximate surface area is 107 Å². The van der Waals surface area contributed by atoms with E-state index in [1.54, 1.807) is 32.1 Å². The highest BCUT2D eigenvalue weighted by atomic mass is 15.4. The van der Waals surface area contributed by atoms with Crippen LogP contribution in [0.1, 0.15) is 52.9 Å². The van der Waals surface area contributed by atoms with E-state index in [0.29, 0.717) is 0 Å². The largest absolute Gasteiger partial charge is 0.321 e. The van der Waals surface area contributed by atoms with E-state index in [1.807, 2.05) is 0 Å². The summed E-state index contributed by atoms with van der Waals surface area (Å²) in [5, 5.41) is 0. The van der Waals surface area contributed by atoms with Gasteiger partial charge < -0.3 is 4.48 Å². The fourth-order valence-electron chi connectivity index (χ4n) is 6.09. The molecule has 98 valence electrons. The van der Waals surface area contributed by atoms with Crippen molar-refractivity contribution in [3.8, 4) is 0 Å². The Hall–Kier alpha value is -0.0400. The second-order valence-electron chi connectivity index (χ2n) is 7.09. The molecule has 1 nitrogen and oxygen atoms in total. The number of nitrogens with zero attached hydrogens (tertiary/aromatic N) is 1. The van der Waals surface area contributed by atoms with Gasteiger partial charge in [-0.05, 0) is 64.7 Å². The van der Waals surface area contributed by atoms with Crippen LogP contribution in [0.4, 0.5) is 0 Å². The first-order valence-electron chi connectivity index (χ1n) is 8.08. The Bertz CT molecular complexity index is 243. The summed E-state index contributed by atoms with van der Waals surface area (Å²) in [5.41, 5.74) is 0. The van der Waals surface area contributed by atoms with Crippen molar-refractivity contribution in [2.75, 3.05) is 19.6 Å². The maximum absolute atomic E-state index is 2.43. The molecule has 0 unspecified atom stereocenters. The van der Waals surface area contributed by atoms with E-state index in [0.717, 1.165) is 29.7 Å². The smallest absolute Gasteiger partial charge is 0.0947 e. The van der Waals surface area contributed by atoms with Gasteiger partial charge in [0, 0.05) is 11.8 Å². The molecular formula is C16H30N+. The Balaban J connectivity index is 1.87. The van der Waals surface area contributed by atoms with Crippen LogP contribution in [0.15, 0.2) is 0 Å². The van der Waals surface area contributed by atoms with Crippen molar-refractivity contribution >= 4 is 0 Å². The van der Waals surface area contributed by atoms with Crippen LogP contribution in [-0.4, -0.2) is 30.2 Å². The lowest BCUT2D eigenvalue weighted by molar-refractivity contribution is -0.956. The summed E-state index contributed by atoms with van der Waals surface area (Å²) in [4.78, 5) is 0. The van der Waals surface area contributed by atoms with E-state index < -0.39 is 0 Å². The summed E-state index contributed by atoms with van der Waals surface area (Å²) in [6.45, 7) is 11.4. The van der Waals surface area contributed by atoms with Crippen molar-refractivity contribution in [2.45, 2.75) is 58.9 Å². The molecule has 0 amide bonds. The SMILES string of the molecule is CC[N+](CC)(CC)C1C2CC3CC(C2)CC1C3. The van der Waals surface area contributed by atoms with E-state index in [2.05, 4.69) is 20.8 Å². The summed E-state index contributed by atoms with van der Waals surface area (Å²) < 4.78 is 1.43. The molecule has 1 heteroatoms. The van der Waals surface area contributed by atoms with Gasteiger partial charge in [-0.1, -0.05) is 0 Å². The number of hydrogen-bond acceptors (Lipinski definition) is 0. The van der Waals surface area contributed by atoms with Gasteiger partial charge >= 0.3 is 0 Å². The van der Waals surface area contributed by atoms with Crippen LogP contribution in [0, 0.1) is 23.7 Å². The number of rotatable bonds is 4. The lowest BCUT2D eigenvalue weighted by Crippen LogP contribution is -2.65. The van der Waals surface area contributed by atoms with E-state index in [9.17, 15) is 0 Å². The molecule has 0 spiro atoms. The van der Waals surface area contributed by atoms with Crippen molar-refractivity contribution < 1.29 is 4.48 Å². The molecule has 0 aromatic carbocycles.